The molecule has 1 aliphatic heterocycles. The van der Waals surface area contributed by atoms with Crippen molar-refractivity contribution >= 4 is 17.4 Å². The number of aryl methyl sites for hydroxylation is 1. The summed E-state index contributed by atoms with van der Waals surface area (Å²) < 4.78 is 5.13. The number of amides is 1. The van der Waals surface area contributed by atoms with Gasteiger partial charge >= 0.3 is 0 Å². The first-order valence-electron chi connectivity index (χ1n) is 7.70. The quantitative estimate of drug-likeness (QED) is 0.815. The van der Waals surface area contributed by atoms with Crippen molar-refractivity contribution in [1.82, 2.24) is 0 Å². The van der Waals surface area contributed by atoms with Gasteiger partial charge in [-0.1, -0.05) is 0 Å². The number of carbonyl (C=O) groups is 2. The predicted molar refractivity (Wildman–Crippen MR) is 89.4 cm³/mol. The molecule has 118 valence electrons. The largest absolute Gasteiger partial charge is 0.497 e. The fourth-order valence-corrected chi connectivity index (χ4v) is 2.92. The van der Waals surface area contributed by atoms with E-state index in [4.69, 9.17) is 4.74 Å². The molecule has 1 aliphatic rings. The Labute approximate surface area is 135 Å². The van der Waals surface area contributed by atoms with Gasteiger partial charge in [0.15, 0.2) is 5.78 Å². The van der Waals surface area contributed by atoms with Gasteiger partial charge in [0.25, 0.3) is 5.91 Å². The van der Waals surface area contributed by atoms with Gasteiger partial charge in [0.1, 0.15) is 5.75 Å². The zero-order valence-electron chi connectivity index (χ0n) is 13.3. The summed E-state index contributed by atoms with van der Waals surface area (Å²) in [5, 5.41) is 0. The lowest BCUT2D eigenvalue weighted by Gasteiger charge is -2.30. The lowest BCUT2D eigenvalue weighted by atomic mass is 9.97. The van der Waals surface area contributed by atoms with Gasteiger partial charge in [-0.2, -0.15) is 0 Å². The first-order chi connectivity index (χ1) is 11.1. The zero-order valence-corrected chi connectivity index (χ0v) is 13.3. The molecule has 4 nitrogen and oxygen atoms in total. The minimum absolute atomic E-state index is 0.0239. The van der Waals surface area contributed by atoms with E-state index in [1.807, 2.05) is 12.1 Å². The third-order valence-electron chi connectivity index (χ3n) is 4.19. The van der Waals surface area contributed by atoms with E-state index in [9.17, 15) is 9.59 Å². The number of anilines is 1. The van der Waals surface area contributed by atoms with E-state index in [1.54, 1.807) is 49.3 Å². The summed E-state index contributed by atoms with van der Waals surface area (Å²) in [6.07, 6.45) is 1.79. The van der Waals surface area contributed by atoms with E-state index in [0.717, 1.165) is 29.8 Å². The van der Waals surface area contributed by atoms with Crippen LogP contribution in [-0.2, 0) is 6.42 Å². The number of benzene rings is 2. The number of rotatable bonds is 3. The Balaban J connectivity index is 1.92. The molecule has 0 aromatic heterocycles. The van der Waals surface area contributed by atoms with Gasteiger partial charge in [-0.25, -0.2) is 0 Å². The van der Waals surface area contributed by atoms with Crippen molar-refractivity contribution in [2.24, 2.45) is 0 Å². The fraction of sp³-hybridized carbons (Fsp3) is 0.263. The van der Waals surface area contributed by atoms with Gasteiger partial charge in [-0.3, -0.25) is 9.59 Å². The minimum Gasteiger partial charge on any atom is -0.497 e. The Bertz CT molecular complexity index is 750. The van der Waals surface area contributed by atoms with Crippen molar-refractivity contribution in [2.75, 3.05) is 18.6 Å². The van der Waals surface area contributed by atoms with Crippen LogP contribution in [0.5, 0.6) is 5.75 Å². The van der Waals surface area contributed by atoms with Crippen LogP contribution >= 0.6 is 0 Å². The van der Waals surface area contributed by atoms with Crippen molar-refractivity contribution < 1.29 is 14.3 Å². The summed E-state index contributed by atoms with van der Waals surface area (Å²) >= 11 is 0. The van der Waals surface area contributed by atoms with Gasteiger partial charge in [0.05, 0.1) is 7.11 Å². The standard InChI is InChI=1S/C19H19NO3/c1-13(21)15-7-10-18-16(12-15)4-3-11-20(18)19(22)14-5-8-17(23-2)9-6-14/h5-10,12H,3-4,11H2,1-2H3. The molecule has 0 atom stereocenters. The van der Waals surface area contributed by atoms with Crippen molar-refractivity contribution in [1.29, 1.82) is 0 Å². The van der Waals surface area contributed by atoms with Gasteiger partial charge in [-0.15, -0.1) is 0 Å². The van der Waals surface area contributed by atoms with Gasteiger partial charge in [0, 0.05) is 23.4 Å². The highest BCUT2D eigenvalue weighted by Gasteiger charge is 2.24. The van der Waals surface area contributed by atoms with Crippen molar-refractivity contribution in [3.05, 3.63) is 59.2 Å². The molecule has 2 aromatic rings. The second-order valence-corrected chi connectivity index (χ2v) is 5.69. The Morgan fingerprint density at radius 3 is 2.39 bits per heavy atom. The molecule has 2 aromatic carbocycles. The van der Waals surface area contributed by atoms with Crippen molar-refractivity contribution in [2.45, 2.75) is 19.8 Å². The summed E-state index contributed by atoms with van der Waals surface area (Å²) in [7, 11) is 1.60. The summed E-state index contributed by atoms with van der Waals surface area (Å²) in [5.74, 6) is 0.752. The molecule has 0 fully saturated rings. The average molecular weight is 309 g/mol. The van der Waals surface area contributed by atoms with Crippen LogP contribution in [0.3, 0.4) is 0 Å². The number of fused-ring (bicyclic) bond motifs is 1. The molecule has 0 spiro atoms. The van der Waals surface area contributed by atoms with E-state index in [2.05, 4.69) is 0 Å². The molecule has 1 heterocycles. The second-order valence-electron chi connectivity index (χ2n) is 5.69. The number of methoxy groups -OCH3 is 1. The van der Waals surface area contributed by atoms with E-state index < -0.39 is 0 Å². The molecule has 4 heteroatoms. The van der Waals surface area contributed by atoms with Crippen LogP contribution in [0.4, 0.5) is 5.69 Å². The Morgan fingerprint density at radius 2 is 1.74 bits per heavy atom. The van der Waals surface area contributed by atoms with Crippen LogP contribution in [0.15, 0.2) is 42.5 Å². The Kier molecular flexibility index (Phi) is 4.15. The minimum atomic E-state index is -0.0239. The lowest BCUT2D eigenvalue weighted by molar-refractivity contribution is 0.0984. The SMILES string of the molecule is COc1ccc(C(=O)N2CCCc3cc(C(C)=O)ccc32)cc1. The van der Waals surface area contributed by atoms with E-state index >= 15 is 0 Å². The molecule has 0 unspecified atom stereocenters. The first-order valence-corrected chi connectivity index (χ1v) is 7.70. The number of ether oxygens (including phenoxy) is 1. The molecule has 0 saturated carbocycles. The first kappa shape index (κ1) is 15.3. The zero-order chi connectivity index (χ0) is 16.4. The van der Waals surface area contributed by atoms with E-state index in [-0.39, 0.29) is 11.7 Å². The molecule has 0 aliphatic carbocycles. The maximum absolute atomic E-state index is 12.8. The van der Waals surface area contributed by atoms with Gasteiger partial charge in [-0.05, 0) is 67.8 Å². The second kappa shape index (κ2) is 6.24. The highest BCUT2D eigenvalue weighted by atomic mass is 16.5. The number of hydrogen-bond acceptors (Lipinski definition) is 3. The highest BCUT2D eigenvalue weighted by Crippen LogP contribution is 2.29. The topological polar surface area (TPSA) is 46.6 Å². The summed E-state index contributed by atoms with van der Waals surface area (Å²) in [4.78, 5) is 26.1. The highest BCUT2D eigenvalue weighted by molar-refractivity contribution is 6.07. The maximum Gasteiger partial charge on any atom is 0.258 e. The molecule has 23 heavy (non-hydrogen) atoms. The Hall–Kier alpha value is -2.62. The number of nitrogens with zero attached hydrogens (tertiary/aromatic N) is 1. The molecular formula is C19H19NO3. The molecule has 0 saturated heterocycles. The molecule has 1 amide bonds. The maximum atomic E-state index is 12.8. The van der Waals surface area contributed by atoms with E-state index in [1.165, 1.54) is 0 Å². The van der Waals surface area contributed by atoms with Crippen LogP contribution in [0.1, 0.15) is 39.6 Å². The van der Waals surface area contributed by atoms with Crippen LogP contribution in [0.25, 0.3) is 0 Å². The number of carbonyl (C=O) groups excluding carboxylic acids is 2. The normalized spacial score (nSPS) is 13.4. The summed E-state index contributed by atoms with van der Waals surface area (Å²) in [6.45, 7) is 2.25. The predicted octanol–water partition coefficient (Wildman–Crippen LogP) is 3.49. The smallest absolute Gasteiger partial charge is 0.258 e. The van der Waals surface area contributed by atoms with Crippen LogP contribution in [0, 0.1) is 0 Å². The molecule has 0 radical (unpaired) electrons. The Morgan fingerprint density at radius 1 is 1.04 bits per heavy atom. The van der Waals surface area contributed by atoms with Crippen molar-refractivity contribution in [3.63, 3.8) is 0 Å². The van der Waals surface area contributed by atoms with Gasteiger partial charge < -0.3 is 9.64 Å². The summed E-state index contributed by atoms with van der Waals surface area (Å²) in [5.41, 5.74) is 3.30. The lowest BCUT2D eigenvalue weighted by Crippen LogP contribution is -2.35. The monoisotopic (exact) mass is 309 g/mol. The average Bonchev–Trinajstić information content (AvgIpc) is 2.60. The van der Waals surface area contributed by atoms with Gasteiger partial charge in [0.2, 0.25) is 0 Å². The number of Topliss-reactive ketones (excluding diaryl/α,β-unsaturated/α-hetero) is 1. The molecule has 0 bridgehead atoms. The third kappa shape index (κ3) is 2.97. The molecule has 0 N–H and O–H groups in total. The van der Waals surface area contributed by atoms with Crippen LogP contribution < -0.4 is 9.64 Å². The number of ketones is 1. The third-order valence-corrected chi connectivity index (χ3v) is 4.19. The molecule has 3 rings (SSSR count). The van der Waals surface area contributed by atoms with Crippen molar-refractivity contribution in [3.8, 4) is 5.75 Å². The fourth-order valence-electron chi connectivity index (χ4n) is 2.92. The number of hydrogen-bond donors (Lipinski definition) is 0. The molecular weight excluding hydrogens is 290 g/mol. The van der Waals surface area contributed by atoms with E-state index in [0.29, 0.717) is 17.7 Å². The van der Waals surface area contributed by atoms with Crippen LogP contribution in [-0.4, -0.2) is 25.3 Å². The van der Waals surface area contributed by atoms with Crippen LogP contribution in [0.2, 0.25) is 0 Å². The summed E-state index contributed by atoms with van der Waals surface area (Å²) in [6, 6.07) is 12.7.